The van der Waals surface area contributed by atoms with Crippen molar-refractivity contribution in [2.24, 2.45) is 0 Å². The molecule has 0 N–H and O–H groups in total. The zero-order valence-corrected chi connectivity index (χ0v) is 14.2. The molecule has 1 fully saturated rings. The van der Waals surface area contributed by atoms with Crippen LogP contribution in [0.15, 0.2) is 53.0 Å². The predicted octanol–water partition coefficient (Wildman–Crippen LogP) is 3.28. The maximum atomic E-state index is 12.6. The second-order valence-electron chi connectivity index (χ2n) is 5.42. The molecule has 2 aromatic carbocycles. The van der Waals surface area contributed by atoms with Gasteiger partial charge >= 0.3 is 0 Å². The van der Waals surface area contributed by atoms with Crippen LogP contribution in [0.1, 0.15) is 15.9 Å². The van der Waals surface area contributed by atoms with Gasteiger partial charge in [-0.05, 0) is 46.3 Å². The minimum atomic E-state index is 0.0582. The van der Waals surface area contributed by atoms with E-state index >= 15 is 0 Å². The highest BCUT2D eigenvalue weighted by Crippen LogP contribution is 2.21. The third-order valence-electron chi connectivity index (χ3n) is 4.01. The number of anilines is 1. The van der Waals surface area contributed by atoms with E-state index in [1.807, 2.05) is 47.4 Å². The first-order valence-electron chi connectivity index (χ1n) is 7.48. The first kappa shape index (κ1) is 15.6. The van der Waals surface area contributed by atoms with E-state index in [1.54, 1.807) is 6.07 Å². The molecule has 0 unspecified atom stereocenters. The van der Waals surface area contributed by atoms with Crippen LogP contribution >= 0.6 is 15.9 Å². The van der Waals surface area contributed by atoms with Gasteiger partial charge in [-0.15, -0.1) is 0 Å². The number of rotatable bonds is 2. The van der Waals surface area contributed by atoms with E-state index in [1.165, 1.54) is 0 Å². The Morgan fingerprint density at radius 2 is 1.78 bits per heavy atom. The Labute approximate surface area is 144 Å². The number of amides is 1. The van der Waals surface area contributed by atoms with E-state index in [0.29, 0.717) is 24.2 Å². The number of benzene rings is 2. The molecule has 0 aromatic heterocycles. The maximum Gasteiger partial charge on any atom is 0.255 e. The van der Waals surface area contributed by atoms with Crippen molar-refractivity contribution in [2.45, 2.75) is 0 Å². The predicted molar refractivity (Wildman–Crippen MR) is 93.4 cm³/mol. The molecule has 0 saturated carbocycles. The summed E-state index contributed by atoms with van der Waals surface area (Å²) >= 11 is 3.44. The lowest BCUT2D eigenvalue weighted by Gasteiger charge is -2.36. The molecule has 0 bridgehead atoms. The minimum Gasteiger partial charge on any atom is -0.368 e. The van der Waals surface area contributed by atoms with Crippen molar-refractivity contribution >= 4 is 27.5 Å². The van der Waals surface area contributed by atoms with Crippen LogP contribution in [0.2, 0.25) is 0 Å². The van der Waals surface area contributed by atoms with Crippen LogP contribution in [0.4, 0.5) is 5.69 Å². The lowest BCUT2D eigenvalue weighted by molar-refractivity contribution is 0.0746. The van der Waals surface area contributed by atoms with Gasteiger partial charge in [-0.25, -0.2) is 0 Å². The van der Waals surface area contributed by atoms with E-state index in [2.05, 4.69) is 26.9 Å². The van der Waals surface area contributed by atoms with E-state index in [9.17, 15) is 4.79 Å². The molecule has 23 heavy (non-hydrogen) atoms. The molecule has 2 aromatic rings. The maximum absolute atomic E-state index is 12.6. The number of hydrogen-bond donors (Lipinski definition) is 0. The van der Waals surface area contributed by atoms with Crippen LogP contribution in [0, 0.1) is 11.3 Å². The van der Waals surface area contributed by atoms with Crippen molar-refractivity contribution in [2.75, 3.05) is 31.1 Å². The van der Waals surface area contributed by atoms with Gasteiger partial charge in [-0.3, -0.25) is 4.79 Å². The zero-order valence-electron chi connectivity index (χ0n) is 12.6. The molecule has 0 aliphatic carbocycles. The van der Waals surface area contributed by atoms with Crippen LogP contribution in [0.25, 0.3) is 0 Å². The van der Waals surface area contributed by atoms with Gasteiger partial charge in [0, 0.05) is 36.3 Å². The van der Waals surface area contributed by atoms with Gasteiger partial charge in [0.2, 0.25) is 0 Å². The number of nitrogens with zero attached hydrogens (tertiary/aromatic N) is 3. The molecule has 0 radical (unpaired) electrons. The van der Waals surface area contributed by atoms with Crippen LogP contribution in [-0.2, 0) is 0 Å². The van der Waals surface area contributed by atoms with E-state index in [4.69, 9.17) is 5.26 Å². The third-order valence-corrected chi connectivity index (χ3v) is 4.70. The molecular weight excluding hydrogens is 354 g/mol. The largest absolute Gasteiger partial charge is 0.368 e. The SMILES string of the molecule is N#Cc1cccc(N2CCN(C(=O)c3ccccc3Br)CC2)c1. The summed E-state index contributed by atoms with van der Waals surface area (Å²) in [6.45, 7) is 2.89. The van der Waals surface area contributed by atoms with Gasteiger partial charge in [-0.2, -0.15) is 5.26 Å². The van der Waals surface area contributed by atoms with Crippen molar-refractivity contribution in [3.63, 3.8) is 0 Å². The Morgan fingerprint density at radius 1 is 1.04 bits per heavy atom. The molecule has 1 saturated heterocycles. The average molecular weight is 370 g/mol. The second-order valence-corrected chi connectivity index (χ2v) is 6.28. The summed E-state index contributed by atoms with van der Waals surface area (Å²) < 4.78 is 0.828. The third kappa shape index (κ3) is 3.38. The Kier molecular flexibility index (Phi) is 4.63. The fraction of sp³-hybridized carbons (Fsp3) is 0.222. The molecular formula is C18H16BrN3O. The zero-order chi connectivity index (χ0) is 16.2. The first-order valence-corrected chi connectivity index (χ1v) is 8.27. The van der Waals surface area contributed by atoms with Crippen LogP contribution in [-0.4, -0.2) is 37.0 Å². The molecule has 3 rings (SSSR count). The molecule has 0 spiro atoms. The highest BCUT2D eigenvalue weighted by molar-refractivity contribution is 9.10. The van der Waals surface area contributed by atoms with Gasteiger partial charge in [-0.1, -0.05) is 18.2 Å². The summed E-state index contributed by atoms with van der Waals surface area (Å²) in [6.07, 6.45) is 0. The molecule has 1 aliphatic rings. The molecule has 116 valence electrons. The molecule has 0 atom stereocenters. The number of carbonyl (C=O) groups excluding carboxylic acids is 1. The van der Waals surface area contributed by atoms with Crippen LogP contribution in [0.3, 0.4) is 0 Å². The minimum absolute atomic E-state index is 0.0582. The second kappa shape index (κ2) is 6.84. The topological polar surface area (TPSA) is 47.3 Å². The van der Waals surface area contributed by atoms with Crippen molar-refractivity contribution in [1.29, 1.82) is 5.26 Å². The Morgan fingerprint density at radius 3 is 2.48 bits per heavy atom. The quantitative estimate of drug-likeness (QED) is 0.815. The summed E-state index contributed by atoms with van der Waals surface area (Å²) in [7, 11) is 0. The standard InChI is InChI=1S/C18H16BrN3O/c19-17-7-2-1-6-16(17)18(23)22-10-8-21(9-11-22)15-5-3-4-14(12-15)13-20/h1-7,12H,8-11H2. The van der Waals surface area contributed by atoms with Crippen molar-refractivity contribution in [3.05, 3.63) is 64.1 Å². The van der Waals surface area contributed by atoms with Gasteiger partial charge in [0.25, 0.3) is 5.91 Å². The van der Waals surface area contributed by atoms with Gasteiger partial charge < -0.3 is 9.80 Å². The van der Waals surface area contributed by atoms with Crippen molar-refractivity contribution in [3.8, 4) is 6.07 Å². The fourth-order valence-corrected chi connectivity index (χ4v) is 3.20. The van der Waals surface area contributed by atoms with E-state index < -0.39 is 0 Å². The monoisotopic (exact) mass is 369 g/mol. The fourth-order valence-electron chi connectivity index (χ4n) is 2.74. The lowest BCUT2D eigenvalue weighted by atomic mass is 10.1. The van der Waals surface area contributed by atoms with Crippen LogP contribution < -0.4 is 4.90 Å². The first-order chi connectivity index (χ1) is 11.2. The normalized spacial score (nSPS) is 14.4. The molecule has 4 nitrogen and oxygen atoms in total. The summed E-state index contributed by atoms with van der Waals surface area (Å²) in [5.41, 5.74) is 2.40. The summed E-state index contributed by atoms with van der Waals surface area (Å²) in [5.74, 6) is 0.0582. The molecule has 5 heteroatoms. The van der Waals surface area contributed by atoms with Crippen molar-refractivity contribution in [1.82, 2.24) is 4.90 Å². The number of halogens is 1. The number of hydrogen-bond acceptors (Lipinski definition) is 3. The Bertz CT molecular complexity index is 761. The highest BCUT2D eigenvalue weighted by atomic mass is 79.9. The molecule has 1 amide bonds. The Balaban J connectivity index is 1.68. The summed E-state index contributed by atoms with van der Waals surface area (Å²) in [6, 6.07) is 17.3. The summed E-state index contributed by atoms with van der Waals surface area (Å²) in [5, 5.41) is 9.00. The van der Waals surface area contributed by atoms with Gasteiger partial charge in [0.05, 0.1) is 17.2 Å². The van der Waals surface area contributed by atoms with Crippen molar-refractivity contribution < 1.29 is 4.79 Å². The van der Waals surface area contributed by atoms with Crippen LogP contribution in [0.5, 0.6) is 0 Å². The smallest absolute Gasteiger partial charge is 0.255 e. The lowest BCUT2D eigenvalue weighted by Crippen LogP contribution is -2.48. The van der Waals surface area contributed by atoms with Gasteiger partial charge in [0.15, 0.2) is 0 Å². The van der Waals surface area contributed by atoms with E-state index in [-0.39, 0.29) is 5.91 Å². The number of carbonyl (C=O) groups is 1. The highest BCUT2D eigenvalue weighted by Gasteiger charge is 2.23. The molecule has 1 aliphatic heterocycles. The number of piperazine rings is 1. The average Bonchev–Trinajstić information content (AvgIpc) is 2.62. The van der Waals surface area contributed by atoms with Gasteiger partial charge in [0.1, 0.15) is 0 Å². The van der Waals surface area contributed by atoms with E-state index in [0.717, 1.165) is 23.2 Å². The molecule has 1 heterocycles. The summed E-state index contributed by atoms with van der Waals surface area (Å²) in [4.78, 5) is 16.7. The Hall–Kier alpha value is -2.32. The number of nitriles is 1.